The molecule has 268 valence electrons. The summed E-state index contributed by atoms with van der Waals surface area (Å²) >= 11 is 6.12. The number of methoxy groups -OCH3 is 1. The molecule has 1 heterocycles. The first-order valence-electron chi connectivity index (χ1n) is 15.1. The number of pyridine rings is 1. The van der Waals surface area contributed by atoms with Gasteiger partial charge in [0.25, 0.3) is 11.8 Å². The molecular formula is C34H34ClF5N4O6. The highest BCUT2D eigenvalue weighted by atomic mass is 35.5. The maximum Gasteiger partial charge on any atom is 0.405 e. The second-order valence-electron chi connectivity index (χ2n) is 11.5. The molecular weight excluding hydrogens is 691 g/mol. The Morgan fingerprint density at radius 1 is 0.900 bits per heavy atom. The van der Waals surface area contributed by atoms with Crippen molar-refractivity contribution in [2.45, 2.75) is 50.9 Å². The van der Waals surface area contributed by atoms with Crippen molar-refractivity contribution >= 4 is 40.9 Å². The number of carbonyl (C=O) groups is 5. The maximum absolute atomic E-state index is 14.9. The van der Waals surface area contributed by atoms with Gasteiger partial charge in [0.15, 0.2) is 5.78 Å². The number of aromatic nitrogens is 1. The SMILES string of the molecule is COc1ccc([C@H](NC(=O)[C@@H](Cc2cccc(Cl)c2)NC(=O)c2ccccn2)C(=O)C[C@H](C(=O)C(F)(F)C(=O)NCC(F)(F)F)C(C)C)cc1. The molecule has 10 nitrogen and oxygen atoms in total. The van der Waals surface area contributed by atoms with Gasteiger partial charge in [0.2, 0.25) is 11.7 Å². The van der Waals surface area contributed by atoms with E-state index < -0.39 is 78.3 Å². The van der Waals surface area contributed by atoms with Crippen LogP contribution in [0, 0.1) is 11.8 Å². The number of alkyl halides is 5. The quantitative estimate of drug-likeness (QED) is 0.139. The second kappa shape index (κ2) is 17.1. The predicted octanol–water partition coefficient (Wildman–Crippen LogP) is 5.06. The Balaban J connectivity index is 1.95. The van der Waals surface area contributed by atoms with Crippen LogP contribution in [0.4, 0.5) is 22.0 Å². The molecule has 3 atom stereocenters. The Labute approximate surface area is 289 Å². The lowest BCUT2D eigenvalue weighted by atomic mass is 9.82. The fraction of sp³-hybridized carbons (Fsp3) is 0.353. The molecule has 3 amide bonds. The number of ether oxygens (including phenoxy) is 1. The molecule has 0 aliphatic carbocycles. The zero-order chi connectivity index (χ0) is 37.2. The molecule has 0 aliphatic heterocycles. The van der Waals surface area contributed by atoms with Crippen molar-refractivity contribution in [1.82, 2.24) is 20.9 Å². The van der Waals surface area contributed by atoms with E-state index >= 15 is 0 Å². The van der Waals surface area contributed by atoms with Crippen molar-refractivity contribution in [2.75, 3.05) is 13.7 Å². The van der Waals surface area contributed by atoms with Crippen molar-refractivity contribution in [3.05, 3.63) is 94.8 Å². The van der Waals surface area contributed by atoms with E-state index in [1.54, 1.807) is 36.4 Å². The van der Waals surface area contributed by atoms with Crippen LogP contribution in [-0.4, -0.2) is 66.1 Å². The molecule has 0 bridgehead atoms. The van der Waals surface area contributed by atoms with Gasteiger partial charge in [-0.2, -0.15) is 22.0 Å². The number of benzene rings is 2. The van der Waals surface area contributed by atoms with Crippen LogP contribution >= 0.6 is 11.6 Å². The standard InChI is InChI=1S/C34H34ClF5N4O6/c1-19(2)24(29(46)34(39,40)32(49)42-18-33(36,37)38)17-27(45)28(21-10-12-23(50-3)13-11-21)44-31(48)26(16-20-7-6-8-22(35)15-20)43-30(47)25-9-4-5-14-41-25/h4-15,19,24,26,28H,16-18H2,1-3H3,(H,42,49)(H,43,47)(H,44,48)/t24-,26+,28-/m0/s1. The predicted molar refractivity (Wildman–Crippen MR) is 171 cm³/mol. The smallest absolute Gasteiger partial charge is 0.405 e. The van der Waals surface area contributed by atoms with Crippen LogP contribution < -0.4 is 20.7 Å². The number of hydrogen-bond donors (Lipinski definition) is 3. The second-order valence-corrected chi connectivity index (χ2v) is 12.0. The summed E-state index contributed by atoms with van der Waals surface area (Å²) in [5, 5.41) is 6.47. The summed E-state index contributed by atoms with van der Waals surface area (Å²) in [7, 11) is 1.38. The van der Waals surface area contributed by atoms with Gasteiger partial charge in [-0.15, -0.1) is 0 Å². The number of amides is 3. The van der Waals surface area contributed by atoms with Crippen LogP contribution in [0.15, 0.2) is 72.9 Å². The van der Waals surface area contributed by atoms with Gasteiger partial charge in [-0.05, 0) is 53.4 Å². The molecule has 3 rings (SSSR count). The maximum atomic E-state index is 14.9. The van der Waals surface area contributed by atoms with Gasteiger partial charge in [-0.1, -0.05) is 55.8 Å². The molecule has 0 unspecified atom stereocenters. The molecule has 16 heteroatoms. The Kier molecular flexibility index (Phi) is 13.5. The molecule has 2 aromatic carbocycles. The van der Waals surface area contributed by atoms with Crippen LogP contribution in [-0.2, 0) is 25.6 Å². The van der Waals surface area contributed by atoms with Gasteiger partial charge < -0.3 is 20.7 Å². The third-order valence-electron chi connectivity index (χ3n) is 7.51. The summed E-state index contributed by atoms with van der Waals surface area (Å²) in [5.41, 5.74) is 0.659. The highest BCUT2D eigenvalue weighted by Crippen LogP contribution is 2.30. The highest BCUT2D eigenvalue weighted by molar-refractivity contribution is 6.30. The van der Waals surface area contributed by atoms with Gasteiger partial charge in [0, 0.05) is 30.0 Å². The van der Waals surface area contributed by atoms with Crippen molar-refractivity contribution in [3.8, 4) is 5.75 Å². The van der Waals surface area contributed by atoms with Crippen molar-refractivity contribution in [1.29, 1.82) is 0 Å². The first-order valence-corrected chi connectivity index (χ1v) is 15.5. The van der Waals surface area contributed by atoms with E-state index in [4.69, 9.17) is 16.3 Å². The fourth-order valence-electron chi connectivity index (χ4n) is 4.83. The Hall–Kier alpha value is -4.92. The third kappa shape index (κ3) is 11.1. The normalized spacial score (nSPS) is 13.5. The van der Waals surface area contributed by atoms with Gasteiger partial charge >= 0.3 is 12.1 Å². The van der Waals surface area contributed by atoms with E-state index in [9.17, 15) is 45.9 Å². The molecule has 0 spiro atoms. The molecule has 3 N–H and O–H groups in total. The average molecular weight is 725 g/mol. The van der Waals surface area contributed by atoms with Crippen LogP contribution in [0.3, 0.4) is 0 Å². The van der Waals surface area contributed by atoms with Gasteiger partial charge in [0.05, 0.1) is 7.11 Å². The van der Waals surface area contributed by atoms with Crippen LogP contribution in [0.2, 0.25) is 5.02 Å². The minimum absolute atomic E-state index is 0.0161. The summed E-state index contributed by atoms with van der Waals surface area (Å²) < 4.78 is 72.6. The number of ketones is 2. The van der Waals surface area contributed by atoms with E-state index in [2.05, 4.69) is 15.6 Å². The van der Waals surface area contributed by atoms with E-state index in [-0.39, 0.29) is 17.7 Å². The highest BCUT2D eigenvalue weighted by Gasteiger charge is 2.52. The third-order valence-corrected chi connectivity index (χ3v) is 7.75. The number of nitrogens with one attached hydrogen (secondary N) is 3. The summed E-state index contributed by atoms with van der Waals surface area (Å²) in [4.78, 5) is 69.7. The summed E-state index contributed by atoms with van der Waals surface area (Å²) in [6.07, 6.45) is -4.70. The van der Waals surface area contributed by atoms with Crippen molar-refractivity contribution in [3.63, 3.8) is 0 Å². The van der Waals surface area contributed by atoms with E-state index in [0.717, 1.165) is 5.32 Å². The fourth-order valence-corrected chi connectivity index (χ4v) is 5.04. The number of carbonyl (C=O) groups excluding carboxylic acids is 5. The van der Waals surface area contributed by atoms with Crippen LogP contribution in [0.5, 0.6) is 5.75 Å². The zero-order valence-electron chi connectivity index (χ0n) is 27.0. The molecule has 0 aliphatic rings. The molecule has 50 heavy (non-hydrogen) atoms. The van der Waals surface area contributed by atoms with Crippen LogP contribution in [0.1, 0.15) is 47.9 Å². The Morgan fingerprint density at radius 3 is 2.14 bits per heavy atom. The van der Waals surface area contributed by atoms with Gasteiger partial charge in [-0.25, -0.2) is 0 Å². The molecule has 0 saturated heterocycles. The van der Waals surface area contributed by atoms with E-state index in [0.29, 0.717) is 16.3 Å². The number of hydrogen-bond acceptors (Lipinski definition) is 7. The molecule has 0 fully saturated rings. The van der Waals surface area contributed by atoms with E-state index in [1.165, 1.54) is 57.5 Å². The number of rotatable bonds is 16. The number of nitrogens with zero attached hydrogens (tertiary/aromatic N) is 1. The topological polar surface area (TPSA) is 144 Å². The lowest BCUT2D eigenvalue weighted by Crippen LogP contribution is -2.52. The minimum Gasteiger partial charge on any atom is -0.497 e. The number of halogens is 6. The number of Topliss-reactive ketones (excluding diaryl/α,β-unsaturated/α-hetero) is 2. The lowest BCUT2D eigenvalue weighted by molar-refractivity contribution is -0.167. The van der Waals surface area contributed by atoms with Gasteiger partial charge in [0.1, 0.15) is 30.1 Å². The lowest BCUT2D eigenvalue weighted by Gasteiger charge is -2.27. The first-order chi connectivity index (χ1) is 23.4. The molecule has 0 saturated carbocycles. The Morgan fingerprint density at radius 2 is 1.58 bits per heavy atom. The average Bonchev–Trinajstić information content (AvgIpc) is 3.07. The molecule has 0 radical (unpaired) electrons. The molecule has 1 aromatic heterocycles. The van der Waals surface area contributed by atoms with Gasteiger partial charge in [-0.3, -0.25) is 29.0 Å². The summed E-state index contributed by atoms with van der Waals surface area (Å²) in [5.74, 6) is -14.5. The van der Waals surface area contributed by atoms with E-state index in [1.807, 2.05) is 0 Å². The summed E-state index contributed by atoms with van der Waals surface area (Å²) in [6, 6.07) is 13.8. The van der Waals surface area contributed by atoms with Crippen molar-refractivity contribution in [2.24, 2.45) is 11.8 Å². The first kappa shape index (κ1) is 39.5. The Bertz CT molecular complexity index is 1670. The minimum atomic E-state index is -5.02. The largest absolute Gasteiger partial charge is 0.497 e. The monoisotopic (exact) mass is 724 g/mol. The van der Waals surface area contributed by atoms with Crippen molar-refractivity contribution < 1.29 is 50.7 Å². The molecule has 3 aromatic rings. The van der Waals surface area contributed by atoms with Crippen LogP contribution in [0.25, 0.3) is 0 Å². The summed E-state index contributed by atoms with van der Waals surface area (Å²) in [6.45, 7) is 0.530. The zero-order valence-corrected chi connectivity index (χ0v) is 27.8.